The Hall–Kier alpha value is 0.697. The Morgan fingerprint density at radius 1 is 1.44 bits per heavy atom. The summed E-state index contributed by atoms with van der Waals surface area (Å²) in [6.45, 7) is 3.98. The Bertz CT molecular complexity index is 101. The van der Waals surface area contributed by atoms with E-state index in [-0.39, 0.29) is 0 Å². The molecule has 0 radical (unpaired) electrons. The van der Waals surface area contributed by atoms with Gasteiger partial charge in [-0.25, -0.2) is 0 Å². The van der Waals surface area contributed by atoms with Crippen LogP contribution in [0.5, 0.6) is 0 Å². The van der Waals surface area contributed by atoms with Crippen LogP contribution in [0.1, 0.15) is 26.2 Å². The topological polar surface area (TPSA) is 0 Å². The molecule has 1 heterocycles. The summed E-state index contributed by atoms with van der Waals surface area (Å²) in [5.41, 5.74) is 1.01. The lowest BCUT2D eigenvalue weighted by atomic mass is 10.2. The lowest BCUT2D eigenvalue weighted by Gasteiger charge is -2.31. The molecule has 0 aliphatic carbocycles. The van der Waals surface area contributed by atoms with Gasteiger partial charge in [0, 0.05) is 0 Å². The van der Waals surface area contributed by atoms with E-state index < -0.39 is 6.69 Å². The van der Waals surface area contributed by atoms with Gasteiger partial charge in [-0.2, -0.15) is 0 Å². The summed E-state index contributed by atoms with van der Waals surface area (Å²) in [5, 5.41) is 0. The minimum Gasteiger partial charge on any atom is -0.126 e. The largest absolute Gasteiger partial charge is 0.130 e. The molecule has 0 N–H and O–H groups in total. The molecule has 0 aromatic carbocycles. The van der Waals surface area contributed by atoms with Crippen LogP contribution < -0.4 is 0 Å². The van der Waals surface area contributed by atoms with Gasteiger partial charge < -0.3 is 0 Å². The van der Waals surface area contributed by atoms with Crippen LogP contribution in [-0.4, -0.2) is 6.69 Å². The van der Waals surface area contributed by atoms with Crippen molar-refractivity contribution in [3.05, 3.63) is 0 Å². The Kier molecular flexibility index (Phi) is 2.38. The van der Waals surface area contributed by atoms with Crippen molar-refractivity contribution in [3.63, 3.8) is 0 Å². The summed E-state index contributed by atoms with van der Waals surface area (Å²) >= 11 is 3.90. The van der Waals surface area contributed by atoms with E-state index in [9.17, 15) is 0 Å². The van der Waals surface area contributed by atoms with Crippen molar-refractivity contribution >= 4 is 22.0 Å². The molecule has 0 nitrogen and oxygen atoms in total. The quantitative estimate of drug-likeness (QED) is 0.421. The van der Waals surface area contributed by atoms with Crippen LogP contribution in [0.25, 0.3) is 0 Å². The Balaban J connectivity index is 2.49. The van der Waals surface area contributed by atoms with E-state index in [1.807, 2.05) is 0 Å². The van der Waals surface area contributed by atoms with Crippen molar-refractivity contribution in [2.75, 3.05) is 0 Å². The van der Waals surface area contributed by atoms with Gasteiger partial charge in [-0.1, -0.05) is 32.7 Å². The van der Waals surface area contributed by atoms with Crippen molar-refractivity contribution in [2.24, 2.45) is 0 Å². The highest BCUT2D eigenvalue weighted by Crippen LogP contribution is 2.40. The van der Waals surface area contributed by atoms with Gasteiger partial charge >= 0.3 is 0 Å². The maximum Gasteiger partial charge on any atom is 0.130 e. The molecule has 9 heavy (non-hydrogen) atoms. The fourth-order valence-electron chi connectivity index (χ4n) is 1.47. The molecular formula is C7H15BrSi. The van der Waals surface area contributed by atoms with Crippen LogP contribution in [0.3, 0.4) is 0 Å². The van der Waals surface area contributed by atoms with E-state index in [4.69, 9.17) is 0 Å². The van der Waals surface area contributed by atoms with Gasteiger partial charge in [0.15, 0.2) is 0 Å². The average Bonchev–Trinajstić information content (AvgIpc) is 1.77. The summed E-state index contributed by atoms with van der Waals surface area (Å²) in [4.78, 5) is 0. The van der Waals surface area contributed by atoms with Gasteiger partial charge in [0.2, 0.25) is 0 Å². The molecular weight excluding hydrogens is 192 g/mol. The van der Waals surface area contributed by atoms with E-state index >= 15 is 0 Å². The fourth-order valence-corrected chi connectivity index (χ4v) is 5.24. The normalized spacial score (nSPS) is 45.0. The maximum atomic E-state index is 3.90. The first-order valence-corrected chi connectivity index (χ1v) is 8.86. The van der Waals surface area contributed by atoms with E-state index in [0.29, 0.717) is 0 Å². The van der Waals surface area contributed by atoms with Crippen LogP contribution >= 0.6 is 15.3 Å². The number of hydrogen-bond donors (Lipinski definition) is 0. The Labute approximate surface area is 66.6 Å². The summed E-state index contributed by atoms with van der Waals surface area (Å²) < 4.78 is 0. The highest BCUT2D eigenvalue weighted by Gasteiger charge is 2.32. The smallest absolute Gasteiger partial charge is 0.126 e. The van der Waals surface area contributed by atoms with E-state index in [1.54, 1.807) is 0 Å². The second-order valence-electron chi connectivity index (χ2n) is 3.42. The zero-order valence-corrected chi connectivity index (χ0v) is 8.87. The van der Waals surface area contributed by atoms with Crippen molar-refractivity contribution < 1.29 is 0 Å². The molecule has 0 amide bonds. The van der Waals surface area contributed by atoms with Crippen molar-refractivity contribution in [1.29, 1.82) is 0 Å². The van der Waals surface area contributed by atoms with Gasteiger partial charge in [-0.3, -0.25) is 0 Å². The van der Waals surface area contributed by atoms with Gasteiger partial charge in [-0.15, -0.1) is 15.3 Å². The second kappa shape index (κ2) is 2.75. The number of hydrogen-bond acceptors (Lipinski definition) is 0. The van der Waals surface area contributed by atoms with Crippen LogP contribution in [0.2, 0.25) is 18.1 Å². The third kappa shape index (κ3) is 1.81. The zero-order chi connectivity index (χ0) is 6.91. The monoisotopic (exact) mass is 206 g/mol. The molecule has 1 aliphatic heterocycles. The summed E-state index contributed by atoms with van der Waals surface area (Å²) in [7, 11) is 0. The zero-order valence-electron chi connectivity index (χ0n) is 6.28. The SMILES string of the molecule is CC1CCCC[Si]1(C)Br. The van der Waals surface area contributed by atoms with Gasteiger partial charge in [0.1, 0.15) is 6.69 Å². The highest BCUT2D eigenvalue weighted by atomic mass is 79.9. The first kappa shape index (κ1) is 7.80. The first-order valence-electron chi connectivity index (χ1n) is 3.82. The third-order valence-corrected chi connectivity index (χ3v) is 9.79. The predicted octanol–water partition coefficient (Wildman–Crippen LogP) is 3.53. The van der Waals surface area contributed by atoms with Gasteiger partial charge in [0.05, 0.1) is 0 Å². The molecule has 0 saturated carbocycles. The molecule has 54 valence electrons. The number of rotatable bonds is 0. The van der Waals surface area contributed by atoms with E-state index in [0.717, 1.165) is 5.54 Å². The van der Waals surface area contributed by atoms with Crippen LogP contribution in [0.4, 0.5) is 0 Å². The average molecular weight is 207 g/mol. The Morgan fingerprint density at radius 3 is 2.44 bits per heavy atom. The number of halogens is 1. The molecule has 0 aromatic heterocycles. The maximum absolute atomic E-state index is 3.90. The van der Waals surface area contributed by atoms with E-state index in [2.05, 4.69) is 28.8 Å². The van der Waals surface area contributed by atoms with Crippen molar-refractivity contribution in [1.82, 2.24) is 0 Å². The van der Waals surface area contributed by atoms with Crippen LogP contribution in [0.15, 0.2) is 0 Å². The van der Waals surface area contributed by atoms with Crippen molar-refractivity contribution in [2.45, 2.75) is 44.3 Å². The minimum atomic E-state index is -0.881. The summed E-state index contributed by atoms with van der Waals surface area (Å²) in [5.74, 6) is 0. The lowest BCUT2D eigenvalue weighted by Crippen LogP contribution is -2.30. The van der Waals surface area contributed by atoms with Gasteiger partial charge in [0.25, 0.3) is 0 Å². The highest BCUT2D eigenvalue weighted by molar-refractivity contribution is 9.26. The summed E-state index contributed by atoms with van der Waals surface area (Å²) in [6, 6.07) is 1.49. The molecule has 1 saturated heterocycles. The second-order valence-corrected chi connectivity index (χ2v) is 12.9. The van der Waals surface area contributed by atoms with Crippen LogP contribution in [-0.2, 0) is 0 Å². The van der Waals surface area contributed by atoms with Crippen molar-refractivity contribution in [3.8, 4) is 0 Å². The molecule has 0 spiro atoms. The molecule has 1 fully saturated rings. The third-order valence-electron chi connectivity index (χ3n) is 2.58. The first-order chi connectivity index (χ1) is 4.13. The molecule has 1 rings (SSSR count). The van der Waals surface area contributed by atoms with E-state index in [1.165, 1.54) is 25.3 Å². The minimum absolute atomic E-state index is 0.881. The molecule has 2 unspecified atom stereocenters. The molecule has 2 atom stereocenters. The Morgan fingerprint density at radius 2 is 2.11 bits per heavy atom. The molecule has 2 heteroatoms. The fraction of sp³-hybridized carbons (Fsp3) is 1.00. The molecule has 0 bridgehead atoms. The predicted molar refractivity (Wildman–Crippen MR) is 48.6 cm³/mol. The summed E-state index contributed by atoms with van der Waals surface area (Å²) in [6.07, 6.45) is 4.40. The van der Waals surface area contributed by atoms with Crippen LogP contribution in [0, 0.1) is 0 Å². The molecule has 1 aliphatic rings. The standard InChI is InChI=1S/C7H15BrSi/c1-7-5-3-4-6-9(7,2)8/h7H,3-6H2,1-2H3. The molecule has 0 aromatic rings. The lowest BCUT2D eigenvalue weighted by molar-refractivity contribution is 0.645. The van der Waals surface area contributed by atoms with Gasteiger partial charge in [-0.05, 0) is 11.6 Å².